The second-order valence-corrected chi connectivity index (χ2v) is 6.20. The van der Waals surface area contributed by atoms with Gasteiger partial charge in [0.25, 0.3) is 0 Å². The number of likely N-dealkylation sites (N-methyl/N-ethyl adjacent to an activating group) is 1. The molecule has 0 spiro atoms. The van der Waals surface area contributed by atoms with Crippen molar-refractivity contribution in [3.8, 4) is 0 Å². The van der Waals surface area contributed by atoms with Crippen LogP contribution in [0.1, 0.15) is 11.1 Å². The average Bonchev–Trinajstić information content (AvgIpc) is 2.60. The molecule has 0 unspecified atom stereocenters. The molecule has 5 N–H and O–H groups in total. The third kappa shape index (κ3) is 6.15. The van der Waals surface area contributed by atoms with Gasteiger partial charge in [0.2, 0.25) is 0 Å². The summed E-state index contributed by atoms with van der Waals surface area (Å²) in [6.45, 7) is 1.20. The summed E-state index contributed by atoms with van der Waals surface area (Å²) in [5, 5.41) is 8.47. The van der Waals surface area contributed by atoms with Crippen LogP contribution in [-0.4, -0.2) is 43.0 Å². The molecular formula is C18H23F3N6. The Kier molecular flexibility index (Phi) is 6.65. The van der Waals surface area contributed by atoms with Gasteiger partial charge in [0.15, 0.2) is 5.84 Å². The Morgan fingerprint density at radius 1 is 1.04 bits per heavy atom. The Hall–Kier alpha value is -2.78. The van der Waals surface area contributed by atoms with Gasteiger partial charge in [-0.05, 0) is 50.5 Å². The maximum atomic E-state index is 12.7. The highest BCUT2D eigenvalue weighted by atomic mass is 19.4. The molecule has 0 aliphatic rings. The number of hydrazone groups is 1. The minimum Gasteiger partial charge on any atom is -0.382 e. The monoisotopic (exact) mass is 380 g/mol. The minimum atomic E-state index is -4.37. The van der Waals surface area contributed by atoms with E-state index in [1.54, 1.807) is 24.3 Å². The summed E-state index contributed by atoms with van der Waals surface area (Å²) in [5.41, 5.74) is 7.06. The number of anilines is 2. The molecule has 0 aromatic heterocycles. The van der Waals surface area contributed by atoms with Gasteiger partial charge in [-0.1, -0.05) is 12.1 Å². The van der Waals surface area contributed by atoms with Crippen molar-refractivity contribution in [2.24, 2.45) is 16.7 Å². The summed E-state index contributed by atoms with van der Waals surface area (Å²) in [6, 6.07) is 11.8. The van der Waals surface area contributed by atoms with Gasteiger partial charge in [-0.2, -0.15) is 13.2 Å². The van der Waals surface area contributed by atoms with Crippen molar-refractivity contribution < 1.29 is 13.2 Å². The number of nitrogens with zero attached hydrogens (tertiary/aromatic N) is 3. The summed E-state index contributed by atoms with van der Waals surface area (Å²) < 4.78 is 38.0. The number of amidine groups is 1. The van der Waals surface area contributed by atoms with Gasteiger partial charge >= 0.3 is 6.18 Å². The standard InChI is InChI=1S/C18H23F3N6/c1-26(2)11-12-27(23)25-17(22)15-5-3-4-6-16(15)24-14-9-7-13(8-10-14)18(19,20)21/h3-10,24H,11-12,23H2,1-2H3,(H2,22,25). The highest BCUT2D eigenvalue weighted by Crippen LogP contribution is 2.30. The molecule has 27 heavy (non-hydrogen) atoms. The fourth-order valence-corrected chi connectivity index (χ4v) is 2.26. The summed E-state index contributed by atoms with van der Waals surface area (Å²) in [6.07, 6.45) is -4.37. The Morgan fingerprint density at radius 3 is 2.26 bits per heavy atom. The Balaban J connectivity index is 2.17. The number of para-hydroxylation sites is 1. The molecule has 0 atom stereocenters. The van der Waals surface area contributed by atoms with Gasteiger partial charge in [-0.25, -0.2) is 11.0 Å². The third-order valence-corrected chi connectivity index (χ3v) is 3.71. The van der Waals surface area contributed by atoms with Crippen molar-refractivity contribution in [3.05, 3.63) is 59.7 Å². The smallest absolute Gasteiger partial charge is 0.382 e. The quantitative estimate of drug-likeness (QED) is 0.298. The van der Waals surface area contributed by atoms with E-state index in [1.165, 1.54) is 17.3 Å². The lowest BCUT2D eigenvalue weighted by Crippen LogP contribution is -2.35. The summed E-state index contributed by atoms with van der Waals surface area (Å²) in [7, 11) is 3.84. The van der Waals surface area contributed by atoms with Gasteiger partial charge in [-0.3, -0.25) is 0 Å². The number of alkyl halides is 3. The molecular weight excluding hydrogens is 357 g/mol. The maximum absolute atomic E-state index is 12.7. The first-order valence-electron chi connectivity index (χ1n) is 8.21. The number of halogens is 3. The third-order valence-electron chi connectivity index (χ3n) is 3.71. The van der Waals surface area contributed by atoms with Gasteiger partial charge in [0.1, 0.15) is 0 Å². The summed E-state index contributed by atoms with van der Waals surface area (Å²) >= 11 is 0. The largest absolute Gasteiger partial charge is 0.416 e. The van der Waals surface area contributed by atoms with Crippen LogP contribution in [0.2, 0.25) is 0 Å². The van der Waals surface area contributed by atoms with Gasteiger partial charge in [0, 0.05) is 23.5 Å². The molecule has 2 rings (SSSR count). The number of benzene rings is 2. The zero-order valence-corrected chi connectivity index (χ0v) is 15.2. The zero-order valence-electron chi connectivity index (χ0n) is 15.2. The van der Waals surface area contributed by atoms with Crippen LogP contribution in [0.15, 0.2) is 53.6 Å². The van der Waals surface area contributed by atoms with E-state index in [2.05, 4.69) is 10.4 Å². The lowest BCUT2D eigenvalue weighted by molar-refractivity contribution is -0.137. The first-order chi connectivity index (χ1) is 12.7. The second kappa shape index (κ2) is 8.74. The van der Waals surface area contributed by atoms with Crippen LogP contribution in [0.4, 0.5) is 24.5 Å². The second-order valence-electron chi connectivity index (χ2n) is 6.20. The van der Waals surface area contributed by atoms with Crippen LogP contribution in [-0.2, 0) is 6.18 Å². The van der Waals surface area contributed by atoms with Crippen molar-refractivity contribution in [2.75, 3.05) is 32.5 Å². The van der Waals surface area contributed by atoms with Crippen molar-refractivity contribution in [1.29, 1.82) is 0 Å². The molecule has 0 saturated heterocycles. The fourth-order valence-electron chi connectivity index (χ4n) is 2.26. The number of nitrogens with two attached hydrogens (primary N) is 2. The predicted molar refractivity (Wildman–Crippen MR) is 101 cm³/mol. The van der Waals surface area contributed by atoms with E-state index in [4.69, 9.17) is 11.6 Å². The molecule has 0 amide bonds. The van der Waals surface area contributed by atoms with E-state index in [0.717, 1.165) is 12.1 Å². The molecule has 0 saturated carbocycles. The topological polar surface area (TPSA) is 82.9 Å². The molecule has 0 aliphatic heterocycles. The number of hydrogen-bond donors (Lipinski definition) is 3. The minimum absolute atomic E-state index is 0.200. The van der Waals surface area contributed by atoms with E-state index >= 15 is 0 Å². The number of hydrogen-bond acceptors (Lipinski definition) is 5. The highest BCUT2D eigenvalue weighted by Gasteiger charge is 2.29. The van der Waals surface area contributed by atoms with E-state index in [1.807, 2.05) is 19.0 Å². The number of nitrogens with one attached hydrogen (secondary N) is 1. The van der Waals surface area contributed by atoms with Gasteiger partial charge in [0.05, 0.1) is 12.1 Å². The normalized spacial score (nSPS) is 12.3. The van der Waals surface area contributed by atoms with Crippen LogP contribution < -0.4 is 16.9 Å². The molecule has 0 heterocycles. The van der Waals surface area contributed by atoms with Gasteiger partial charge in [-0.15, -0.1) is 5.10 Å². The van der Waals surface area contributed by atoms with Crippen LogP contribution in [0, 0.1) is 0 Å². The van der Waals surface area contributed by atoms with Crippen LogP contribution in [0.5, 0.6) is 0 Å². The zero-order chi connectivity index (χ0) is 20.0. The first kappa shape index (κ1) is 20.5. The fraction of sp³-hybridized carbons (Fsp3) is 0.278. The van der Waals surface area contributed by atoms with Crippen molar-refractivity contribution in [1.82, 2.24) is 10.0 Å². The number of hydrazine groups is 1. The Labute approximate surface area is 156 Å². The molecule has 0 bridgehead atoms. The lowest BCUT2D eigenvalue weighted by atomic mass is 10.1. The van der Waals surface area contributed by atoms with Crippen molar-refractivity contribution >= 4 is 17.2 Å². The van der Waals surface area contributed by atoms with Gasteiger partial charge < -0.3 is 16.0 Å². The lowest BCUT2D eigenvalue weighted by Gasteiger charge is -2.18. The van der Waals surface area contributed by atoms with Crippen molar-refractivity contribution in [3.63, 3.8) is 0 Å². The average molecular weight is 380 g/mol. The van der Waals surface area contributed by atoms with E-state index in [0.29, 0.717) is 30.0 Å². The SMILES string of the molecule is CN(C)CCN(N)/N=C(\N)c1ccccc1Nc1ccc(C(F)(F)F)cc1. The van der Waals surface area contributed by atoms with Crippen LogP contribution in [0.25, 0.3) is 0 Å². The molecule has 2 aromatic rings. The molecule has 0 aliphatic carbocycles. The Bertz CT molecular complexity index is 771. The molecule has 146 valence electrons. The molecule has 6 nitrogen and oxygen atoms in total. The maximum Gasteiger partial charge on any atom is 0.416 e. The van der Waals surface area contributed by atoms with Crippen LogP contribution >= 0.6 is 0 Å². The van der Waals surface area contributed by atoms with Crippen molar-refractivity contribution in [2.45, 2.75) is 6.18 Å². The predicted octanol–water partition coefficient (Wildman–Crippen LogP) is 2.81. The Morgan fingerprint density at radius 2 is 1.67 bits per heavy atom. The molecule has 2 aromatic carbocycles. The molecule has 9 heteroatoms. The summed E-state index contributed by atoms with van der Waals surface area (Å²) in [4.78, 5) is 1.96. The summed E-state index contributed by atoms with van der Waals surface area (Å²) in [5.74, 6) is 6.03. The van der Waals surface area contributed by atoms with E-state index in [-0.39, 0.29) is 5.84 Å². The van der Waals surface area contributed by atoms with E-state index < -0.39 is 11.7 Å². The van der Waals surface area contributed by atoms with Crippen LogP contribution in [0.3, 0.4) is 0 Å². The number of rotatable bonds is 7. The van der Waals surface area contributed by atoms with E-state index in [9.17, 15) is 13.2 Å². The molecule has 0 radical (unpaired) electrons. The first-order valence-corrected chi connectivity index (χ1v) is 8.21. The highest BCUT2D eigenvalue weighted by molar-refractivity contribution is 6.02. The molecule has 0 fully saturated rings.